The number of halogens is 1. The van der Waals surface area contributed by atoms with E-state index in [1.54, 1.807) is 0 Å². The predicted octanol–water partition coefficient (Wildman–Crippen LogP) is 2.03. The number of carbonyl (C=O) groups excluding carboxylic acids is 1. The Kier molecular flexibility index (Phi) is 6.22. The largest absolute Gasteiger partial charge is 0.339 e. The maximum atomic E-state index is 12.9. The molecule has 2 atom stereocenters. The van der Waals surface area contributed by atoms with Gasteiger partial charge in [0, 0.05) is 56.2 Å². The van der Waals surface area contributed by atoms with Gasteiger partial charge in [0.2, 0.25) is 5.91 Å². The highest BCUT2D eigenvalue weighted by molar-refractivity contribution is 6.30. The molecule has 2 aliphatic rings. The molecule has 2 saturated heterocycles. The van der Waals surface area contributed by atoms with Gasteiger partial charge in [-0.1, -0.05) is 23.7 Å². The molecule has 2 unspecified atom stereocenters. The standard InChI is InChI=1S/C21H26ClN5O/c22-18-3-1-17(2-4-18)19-15-20(25-24-19)21(28)27-13-11-26(12-14-27)10-7-16-5-8-23-9-6-16/h1-6,8-9,19-20,24-25H,7,10-15H2. The number of rotatable bonds is 5. The number of hydrazine groups is 1. The van der Waals surface area contributed by atoms with Crippen LogP contribution in [0.1, 0.15) is 23.6 Å². The quantitative estimate of drug-likeness (QED) is 0.805. The molecular formula is C21H26ClN5O. The molecule has 3 heterocycles. The van der Waals surface area contributed by atoms with Crippen molar-refractivity contribution in [1.29, 1.82) is 0 Å². The van der Waals surface area contributed by atoms with E-state index >= 15 is 0 Å². The molecule has 2 N–H and O–H groups in total. The molecule has 6 nitrogen and oxygen atoms in total. The minimum absolute atomic E-state index is 0.132. The van der Waals surface area contributed by atoms with Crippen molar-refractivity contribution in [2.75, 3.05) is 32.7 Å². The van der Waals surface area contributed by atoms with Crippen LogP contribution in [0.4, 0.5) is 0 Å². The lowest BCUT2D eigenvalue weighted by molar-refractivity contribution is -0.134. The van der Waals surface area contributed by atoms with Crippen molar-refractivity contribution in [2.24, 2.45) is 0 Å². The summed E-state index contributed by atoms with van der Waals surface area (Å²) >= 11 is 5.96. The van der Waals surface area contributed by atoms with Crippen LogP contribution in [0.2, 0.25) is 5.02 Å². The van der Waals surface area contributed by atoms with Crippen molar-refractivity contribution < 1.29 is 4.79 Å². The van der Waals surface area contributed by atoms with Gasteiger partial charge in [0.25, 0.3) is 0 Å². The minimum Gasteiger partial charge on any atom is -0.339 e. The summed E-state index contributed by atoms with van der Waals surface area (Å²) < 4.78 is 0. The highest BCUT2D eigenvalue weighted by Crippen LogP contribution is 2.24. The van der Waals surface area contributed by atoms with Crippen LogP contribution in [0.3, 0.4) is 0 Å². The maximum absolute atomic E-state index is 12.9. The fraction of sp³-hybridized carbons (Fsp3) is 0.429. The smallest absolute Gasteiger partial charge is 0.241 e. The molecule has 0 radical (unpaired) electrons. The first-order valence-electron chi connectivity index (χ1n) is 9.85. The molecule has 0 saturated carbocycles. The molecule has 2 fully saturated rings. The monoisotopic (exact) mass is 399 g/mol. The van der Waals surface area contributed by atoms with E-state index in [4.69, 9.17) is 11.6 Å². The van der Waals surface area contributed by atoms with Crippen molar-refractivity contribution >= 4 is 17.5 Å². The molecular weight excluding hydrogens is 374 g/mol. The summed E-state index contributed by atoms with van der Waals surface area (Å²) in [7, 11) is 0. The van der Waals surface area contributed by atoms with Gasteiger partial charge in [0.1, 0.15) is 6.04 Å². The molecule has 148 valence electrons. The molecule has 0 aliphatic carbocycles. The van der Waals surface area contributed by atoms with Crippen LogP contribution in [0.25, 0.3) is 0 Å². The zero-order valence-electron chi connectivity index (χ0n) is 15.9. The van der Waals surface area contributed by atoms with Crippen LogP contribution in [0.5, 0.6) is 0 Å². The van der Waals surface area contributed by atoms with Crippen molar-refractivity contribution in [2.45, 2.75) is 24.9 Å². The number of pyridine rings is 1. The van der Waals surface area contributed by atoms with Crippen molar-refractivity contribution in [3.8, 4) is 0 Å². The molecule has 1 aromatic carbocycles. The van der Waals surface area contributed by atoms with Gasteiger partial charge in [-0.05, 0) is 48.2 Å². The van der Waals surface area contributed by atoms with Crippen molar-refractivity contribution in [3.05, 3.63) is 64.9 Å². The number of carbonyl (C=O) groups is 1. The Morgan fingerprint density at radius 2 is 1.75 bits per heavy atom. The zero-order valence-corrected chi connectivity index (χ0v) is 16.6. The lowest BCUT2D eigenvalue weighted by Crippen LogP contribution is -2.53. The summed E-state index contributed by atoms with van der Waals surface area (Å²) in [5.74, 6) is 0.192. The molecule has 2 aliphatic heterocycles. The van der Waals surface area contributed by atoms with Gasteiger partial charge in [-0.25, -0.2) is 10.9 Å². The third kappa shape index (κ3) is 4.70. The molecule has 0 bridgehead atoms. The summed E-state index contributed by atoms with van der Waals surface area (Å²) in [6, 6.07) is 11.9. The first kappa shape index (κ1) is 19.3. The van der Waals surface area contributed by atoms with Gasteiger partial charge in [-0.15, -0.1) is 0 Å². The highest BCUT2D eigenvalue weighted by Gasteiger charge is 2.34. The Labute approximate surface area is 170 Å². The molecule has 0 spiro atoms. The highest BCUT2D eigenvalue weighted by atomic mass is 35.5. The molecule has 1 aromatic heterocycles. The third-order valence-electron chi connectivity index (χ3n) is 5.62. The third-order valence-corrected chi connectivity index (χ3v) is 5.88. The van der Waals surface area contributed by atoms with Crippen LogP contribution in [0.15, 0.2) is 48.8 Å². The van der Waals surface area contributed by atoms with E-state index in [1.807, 2.05) is 41.6 Å². The second kappa shape index (κ2) is 9.01. The van der Waals surface area contributed by atoms with E-state index in [1.165, 1.54) is 5.56 Å². The van der Waals surface area contributed by atoms with Gasteiger partial charge in [-0.2, -0.15) is 0 Å². The fourth-order valence-electron chi connectivity index (χ4n) is 3.88. The Morgan fingerprint density at radius 1 is 1.04 bits per heavy atom. The molecule has 7 heteroatoms. The number of hydrogen-bond donors (Lipinski definition) is 2. The number of benzene rings is 1. The van der Waals surface area contributed by atoms with E-state index in [0.29, 0.717) is 0 Å². The van der Waals surface area contributed by atoms with E-state index in [9.17, 15) is 4.79 Å². The normalized spacial score (nSPS) is 23.1. The molecule has 2 aromatic rings. The maximum Gasteiger partial charge on any atom is 0.241 e. The fourth-order valence-corrected chi connectivity index (χ4v) is 4.01. The first-order valence-corrected chi connectivity index (χ1v) is 10.2. The van der Waals surface area contributed by atoms with E-state index in [2.05, 4.69) is 32.9 Å². The summed E-state index contributed by atoms with van der Waals surface area (Å²) in [6.07, 6.45) is 5.45. The van der Waals surface area contributed by atoms with Crippen LogP contribution < -0.4 is 10.9 Å². The number of aromatic nitrogens is 1. The van der Waals surface area contributed by atoms with Crippen LogP contribution in [0, 0.1) is 0 Å². The van der Waals surface area contributed by atoms with Gasteiger partial charge in [-0.3, -0.25) is 14.7 Å². The Morgan fingerprint density at radius 3 is 2.46 bits per heavy atom. The van der Waals surface area contributed by atoms with Crippen LogP contribution >= 0.6 is 11.6 Å². The van der Waals surface area contributed by atoms with Gasteiger partial charge in [0.15, 0.2) is 0 Å². The van der Waals surface area contributed by atoms with Crippen molar-refractivity contribution in [3.63, 3.8) is 0 Å². The van der Waals surface area contributed by atoms with Gasteiger partial charge < -0.3 is 4.90 Å². The average Bonchev–Trinajstić information content (AvgIpc) is 3.24. The Bertz CT molecular complexity index is 777. The van der Waals surface area contributed by atoms with Crippen LogP contribution in [-0.2, 0) is 11.2 Å². The average molecular weight is 400 g/mol. The second-order valence-electron chi connectivity index (χ2n) is 7.45. The first-order chi connectivity index (χ1) is 13.7. The number of amides is 1. The van der Waals surface area contributed by atoms with Gasteiger partial charge in [0.05, 0.1) is 0 Å². The molecule has 4 rings (SSSR count). The number of piperazine rings is 1. The predicted molar refractivity (Wildman–Crippen MR) is 110 cm³/mol. The summed E-state index contributed by atoms with van der Waals surface area (Å²) in [6.45, 7) is 4.46. The van der Waals surface area contributed by atoms with Crippen LogP contribution in [-0.4, -0.2) is 59.5 Å². The van der Waals surface area contributed by atoms with Gasteiger partial charge >= 0.3 is 0 Å². The topological polar surface area (TPSA) is 60.5 Å². The molecule has 28 heavy (non-hydrogen) atoms. The van der Waals surface area contributed by atoms with E-state index in [-0.39, 0.29) is 18.0 Å². The SMILES string of the molecule is O=C(C1CC(c2ccc(Cl)cc2)NN1)N1CCN(CCc2ccncc2)CC1. The lowest BCUT2D eigenvalue weighted by atomic mass is 10.0. The van der Waals surface area contributed by atoms with Crippen molar-refractivity contribution in [1.82, 2.24) is 25.6 Å². The van der Waals surface area contributed by atoms with E-state index < -0.39 is 0 Å². The number of nitrogens with zero attached hydrogens (tertiary/aromatic N) is 3. The minimum atomic E-state index is -0.177. The zero-order chi connectivity index (χ0) is 19.3. The molecule has 1 amide bonds. The Balaban J connectivity index is 1.23. The summed E-state index contributed by atoms with van der Waals surface area (Å²) in [4.78, 5) is 21.4. The van der Waals surface area contributed by atoms with E-state index in [0.717, 1.165) is 56.2 Å². The lowest BCUT2D eigenvalue weighted by Gasteiger charge is -2.35. The summed E-state index contributed by atoms with van der Waals surface area (Å²) in [5, 5.41) is 0.726. The number of nitrogens with one attached hydrogen (secondary N) is 2. The Hall–Kier alpha value is -1.99. The number of hydrogen-bond acceptors (Lipinski definition) is 5. The second-order valence-corrected chi connectivity index (χ2v) is 7.89. The summed E-state index contributed by atoms with van der Waals surface area (Å²) in [5.41, 5.74) is 8.89.